The second-order valence-corrected chi connectivity index (χ2v) is 8.16. The normalized spacial score (nSPS) is 23.1. The van der Waals surface area contributed by atoms with Gasteiger partial charge >= 0.3 is 0 Å². The van der Waals surface area contributed by atoms with Crippen LogP contribution in [0, 0.1) is 5.92 Å². The molecule has 0 aromatic heterocycles. The zero-order chi connectivity index (χ0) is 16.3. The van der Waals surface area contributed by atoms with E-state index in [2.05, 4.69) is 4.90 Å². The lowest BCUT2D eigenvalue weighted by Gasteiger charge is -2.18. The summed E-state index contributed by atoms with van der Waals surface area (Å²) in [6.07, 6.45) is -0.604. The van der Waals surface area contributed by atoms with Crippen molar-refractivity contribution in [2.24, 2.45) is 5.92 Å². The van der Waals surface area contributed by atoms with Crippen molar-refractivity contribution < 1.29 is 18.3 Å². The van der Waals surface area contributed by atoms with Crippen LogP contribution in [-0.4, -0.2) is 68.9 Å². The number of aliphatic hydroxyl groups is 1. The van der Waals surface area contributed by atoms with E-state index in [1.807, 2.05) is 24.3 Å². The number of methoxy groups -OCH3 is 1. The first kappa shape index (κ1) is 17.2. The van der Waals surface area contributed by atoms with Crippen molar-refractivity contribution in [2.45, 2.75) is 12.6 Å². The Labute approximate surface area is 132 Å². The highest BCUT2D eigenvalue weighted by molar-refractivity contribution is 7.89. The van der Waals surface area contributed by atoms with E-state index in [-0.39, 0.29) is 11.7 Å². The molecule has 1 heterocycles. The fourth-order valence-electron chi connectivity index (χ4n) is 2.64. The molecule has 0 saturated carbocycles. The highest BCUT2D eigenvalue weighted by Gasteiger charge is 2.35. The van der Waals surface area contributed by atoms with Gasteiger partial charge in [-0.25, -0.2) is 12.7 Å². The number of ether oxygens (including phenoxy) is 1. The molecule has 0 amide bonds. The van der Waals surface area contributed by atoms with Gasteiger partial charge < -0.3 is 9.84 Å². The van der Waals surface area contributed by atoms with Crippen LogP contribution in [-0.2, 0) is 16.6 Å². The van der Waals surface area contributed by atoms with Crippen LogP contribution in [0.25, 0.3) is 0 Å². The summed E-state index contributed by atoms with van der Waals surface area (Å²) in [5, 5.41) is 10.1. The molecule has 0 unspecified atom stereocenters. The fraction of sp³-hybridized carbons (Fsp3) is 0.600. The summed E-state index contributed by atoms with van der Waals surface area (Å²) >= 11 is 0. The van der Waals surface area contributed by atoms with Gasteiger partial charge in [0, 0.05) is 39.6 Å². The van der Waals surface area contributed by atoms with Gasteiger partial charge in [0.25, 0.3) is 0 Å². The van der Waals surface area contributed by atoms with E-state index < -0.39 is 16.1 Å². The average molecular weight is 328 g/mol. The maximum absolute atomic E-state index is 11.9. The molecule has 1 aromatic rings. The van der Waals surface area contributed by atoms with Crippen LogP contribution in [0.2, 0.25) is 0 Å². The molecular weight excluding hydrogens is 304 g/mol. The third kappa shape index (κ3) is 4.19. The predicted molar refractivity (Wildman–Crippen MR) is 85.2 cm³/mol. The number of hydrogen-bond acceptors (Lipinski definition) is 5. The number of hydrogen-bond donors (Lipinski definition) is 1. The molecule has 0 spiro atoms. The molecule has 0 radical (unpaired) electrons. The Morgan fingerprint density at radius 2 is 1.91 bits per heavy atom. The molecule has 124 valence electrons. The minimum atomic E-state index is -3.29. The van der Waals surface area contributed by atoms with Gasteiger partial charge in [-0.1, -0.05) is 12.1 Å². The zero-order valence-corrected chi connectivity index (χ0v) is 14.1. The van der Waals surface area contributed by atoms with E-state index in [4.69, 9.17) is 4.74 Å². The van der Waals surface area contributed by atoms with Gasteiger partial charge in [0.15, 0.2) is 0 Å². The van der Waals surface area contributed by atoms with Gasteiger partial charge in [-0.2, -0.15) is 0 Å². The molecule has 1 saturated heterocycles. The first-order chi connectivity index (χ1) is 10.3. The van der Waals surface area contributed by atoms with Crippen LogP contribution in [0.3, 0.4) is 0 Å². The molecule has 1 aliphatic rings. The molecule has 1 aromatic carbocycles. The molecule has 22 heavy (non-hydrogen) atoms. The minimum Gasteiger partial charge on any atom is -0.497 e. The highest BCUT2D eigenvalue weighted by atomic mass is 32.2. The molecule has 1 aliphatic heterocycles. The fourth-order valence-corrected chi connectivity index (χ4v) is 3.81. The SMILES string of the molecule is COc1ccc(CN2C[C@@H](CS(=O)(=O)N(C)C)[C@H](O)C2)cc1. The van der Waals surface area contributed by atoms with Crippen molar-refractivity contribution >= 4 is 10.0 Å². The molecule has 0 aliphatic carbocycles. The van der Waals surface area contributed by atoms with Gasteiger partial charge in [0.1, 0.15) is 5.75 Å². The lowest BCUT2D eigenvalue weighted by Crippen LogP contribution is -2.33. The van der Waals surface area contributed by atoms with Gasteiger partial charge in [-0.05, 0) is 17.7 Å². The molecule has 1 N–H and O–H groups in total. The number of sulfonamides is 1. The summed E-state index contributed by atoms with van der Waals surface area (Å²) in [5.41, 5.74) is 1.11. The Balaban J connectivity index is 1.95. The van der Waals surface area contributed by atoms with Crippen LogP contribution in [0.4, 0.5) is 0 Å². The monoisotopic (exact) mass is 328 g/mol. The quantitative estimate of drug-likeness (QED) is 0.817. The van der Waals surface area contributed by atoms with E-state index in [1.165, 1.54) is 18.4 Å². The van der Waals surface area contributed by atoms with E-state index in [0.29, 0.717) is 19.6 Å². The van der Waals surface area contributed by atoms with Crippen molar-refractivity contribution in [3.8, 4) is 5.75 Å². The lowest BCUT2D eigenvalue weighted by atomic mass is 10.1. The van der Waals surface area contributed by atoms with Crippen molar-refractivity contribution in [3.05, 3.63) is 29.8 Å². The number of rotatable bonds is 6. The number of aliphatic hydroxyl groups excluding tert-OH is 1. The number of nitrogens with zero attached hydrogens (tertiary/aromatic N) is 2. The van der Waals surface area contributed by atoms with E-state index in [0.717, 1.165) is 11.3 Å². The Morgan fingerprint density at radius 1 is 1.27 bits per heavy atom. The van der Waals surface area contributed by atoms with Crippen molar-refractivity contribution in [3.63, 3.8) is 0 Å². The first-order valence-electron chi connectivity index (χ1n) is 7.25. The van der Waals surface area contributed by atoms with Gasteiger partial charge in [-0.15, -0.1) is 0 Å². The van der Waals surface area contributed by atoms with Crippen molar-refractivity contribution in [2.75, 3.05) is 40.0 Å². The van der Waals surface area contributed by atoms with Crippen LogP contribution < -0.4 is 4.74 Å². The second-order valence-electron chi connectivity index (χ2n) is 5.93. The molecule has 2 atom stereocenters. The Hall–Kier alpha value is -1.15. The summed E-state index contributed by atoms with van der Waals surface area (Å²) in [5.74, 6) is 0.547. The number of likely N-dealkylation sites (tertiary alicyclic amines) is 1. The highest BCUT2D eigenvalue weighted by Crippen LogP contribution is 2.22. The molecule has 7 heteroatoms. The van der Waals surface area contributed by atoms with Crippen LogP contribution in [0.5, 0.6) is 5.75 Å². The third-order valence-electron chi connectivity index (χ3n) is 4.03. The Kier molecular flexibility index (Phi) is 5.44. The lowest BCUT2D eigenvalue weighted by molar-refractivity contribution is 0.148. The minimum absolute atomic E-state index is 0.0136. The predicted octanol–water partition coefficient (Wildman–Crippen LogP) is 0.379. The summed E-state index contributed by atoms with van der Waals surface area (Å²) < 4.78 is 30.2. The van der Waals surface area contributed by atoms with Gasteiger partial charge in [-0.3, -0.25) is 4.90 Å². The van der Waals surface area contributed by atoms with E-state index >= 15 is 0 Å². The second kappa shape index (κ2) is 6.95. The Morgan fingerprint density at radius 3 is 2.45 bits per heavy atom. The maximum Gasteiger partial charge on any atom is 0.214 e. The standard InChI is InChI=1S/C15H24N2O4S/c1-16(2)22(19,20)11-13-9-17(10-15(13)18)8-12-4-6-14(21-3)7-5-12/h4-7,13,15,18H,8-11H2,1-3H3/t13-,15+/m0/s1. The van der Waals surface area contributed by atoms with Crippen molar-refractivity contribution in [1.29, 1.82) is 0 Å². The number of benzene rings is 1. The van der Waals surface area contributed by atoms with Crippen LogP contribution in [0.15, 0.2) is 24.3 Å². The van der Waals surface area contributed by atoms with E-state index in [9.17, 15) is 13.5 Å². The molecule has 6 nitrogen and oxygen atoms in total. The Bertz CT molecular complexity index is 586. The van der Waals surface area contributed by atoms with Crippen LogP contribution >= 0.6 is 0 Å². The average Bonchev–Trinajstić information content (AvgIpc) is 2.78. The smallest absolute Gasteiger partial charge is 0.214 e. The molecule has 0 bridgehead atoms. The summed E-state index contributed by atoms with van der Waals surface area (Å²) in [4.78, 5) is 2.09. The zero-order valence-electron chi connectivity index (χ0n) is 13.3. The number of β-amino-alcohol motifs (C(OH)–C–C–N with tert-alkyl or cyclic N) is 1. The molecule has 2 rings (SSSR count). The van der Waals surface area contributed by atoms with E-state index in [1.54, 1.807) is 7.11 Å². The summed E-state index contributed by atoms with van der Waals surface area (Å²) in [6, 6.07) is 7.76. The topological polar surface area (TPSA) is 70.1 Å². The first-order valence-corrected chi connectivity index (χ1v) is 8.86. The van der Waals surface area contributed by atoms with Crippen molar-refractivity contribution in [1.82, 2.24) is 9.21 Å². The van der Waals surface area contributed by atoms with Crippen LogP contribution in [0.1, 0.15) is 5.56 Å². The molecular formula is C15H24N2O4S. The molecule has 1 fully saturated rings. The summed E-state index contributed by atoms with van der Waals surface area (Å²) in [7, 11) is 1.38. The van der Waals surface area contributed by atoms with Gasteiger partial charge in [0.05, 0.1) is 19.0 Å². The maximum atomic E-state index is 11.9. The summed E-state index contributed by atoms with van der Waals surface area (Å²) in [6.45, 7) is 1.78. The largest absolute Gasteiger partial charge is 0.497 e. The third-order valence-corrected chi connectivity index (χ3v) is 5.99. The van der Waals surface area contributed by atoms with Gasteiger partial charge in [0.2, 0.25) is 10.0 Å².